The number of hydrogen-bond donors (Lipinski definition) is 1. The summed E-state index contributed by atoms with van der Waals surface area (Å²) in [6.45, 7) is 6.17. The molecule has 0 spiro atoms. The lowest BCUT2D eigenvalue weighted by Gasteiger charge is -2.08. The molecule has 3 heteroatoms. The molecule has 0 aliphatic rings. The van der Waals surface area contributed by atoms with Crippen LogP contribution >= 0.6 is 23.4 Å². The molecule has 0 saturated heterocycles. The Bertz CT molecular complexity index is 583. The number of thioether (sulfide) groups is 1. The third kappa shape index (κ3) is 5.39. The topological polar surface area (TPSA) is 12.0 Å². The fraction of sp³-hybridized carbons (Fsp3) is 0.333. The monoisotopic (exact) mass is 319 g/mol. The van der Waals surface area contributed by atoms with E-state index >= 15 is 0 Å². The number of rotatable bonds is 7. The molecule has 0 aromatic heterocycles. The van der Waals surface area contributed by atoms with Gasteiger partial charge < -0.3 is 5.32 Å². The van der Waals surface area contributed by atoms with Crippen LogP contribution < -0.4 is 5.32 Å². The van der Waals surface area contributed by atoms with E-state index in [9.17, 15) is 0 Å². The van der Waals surface area contributed by atoms with Crippen LogP contribution in [-0.4, -0.2) is 6.54 Å². The van der Waals surface area contributed by atoms with E-state index in [0.29, 0.717) is 0 Å². The molecule has 0 amide bonds. The lowest BCUT2D eigenvalue weighted by Crippen LogP contribution is -2.13. The van der Waals surface area contributed by atoms with E-state index in [1.807, 2.05) is 11.8 Å². The van der Waals surface area contributed by atoms with Crippen molar-refractivity contribution >= 4 is 23.4 Å². The summed E-state index contributed by atoms with van der Waals surface area (Å²) >= 11 is 8.19. The van der Waals surface area contributed by atoms with Crippen LogP contribution in [0.1, 0.15) is 30.0 Å². The van der Waals surface area contributed by atoms with Crippen LogP contribution in [-0.2, 0) is 12.3 Å². The molecule has 0 unspecified atom stereocenters. The van der Waals surface area contributed by atoms with Gasteiger partial charge in [0.05, 0.1) is 0 Å². The van der Waals surface area contributed by atoms with Gasteiger partial charge in [-0.1, -0.05) is 54.4 Å². The first-order valence-corrected chi connectivity index (χ1v) is 8.73. The fourth-order valence-electron chi connectivity index (χ4n) is 2.13. The maximum absolute atomic E-state index is 6.36. The van der Waals surface area contributed by atoms with Crippen molar-refractivity contribution in [1.29, 1.82) is 0 Å². The van der Waals surface area contributed by atoms with Crippen LogP contribution in [0.4, 0.5) is 0 Å². The van der Waals surface area contributed by atoms with Gasteiger partial charge in [0.2, 0.25) is 0 Å². The summed E-state index contributed by atoms with van der Waals surface area (Å²) in [6, 6.07) is 15.0. The average molecular weight is 320 g/mol. The molecule has 0 atom stereocenters. The quantitative estimate of drug-likeness (QED) is 0.538. The normalized spacial score (nSPS) is 10.8. The number of hydrogen-bond acceptors (Lipinski definition) is 2. The first-order valence-electron chi connectivity index (χ1n) is 7.36. The Morgan fingerprint density at radius 3 is 2.71 bits per heavy atom. The number of benzene rings is 2. The number of aryl methyl sites for hydroxylation is 1. The molecule has 21 heavy (non-hydrogen) atoms. The number of halogens is 1. The molecule has 1 N–H and O–H groups in total. The molecule has 0 saturated carbocycles. The van der Waals surface area contributed by atoms with Crippen molar-refractivity contribution in [2.24, 2.45) is 0 Å². The standard InChI is InChI=1S/C18H22ClNS/c1-3-9-20-12-16-7-8-17(11-18(16)19)21-13-15-6-4-5-14(2)10-15/h4-8,10-11,20H,3,9,12-13H2,1-2H3. The van der Waals surface area contributed by atoms with Gasteiger partial charge >= 0.3 is 0 Å². The van der Waals surface area contributed by atoms with Crippen molar-refractivity contribution in [3.8, 4) is 0 Å². The first-order chi connectivity index (χ1) is 10.2. The summed E-state index contributed by atoms with van der Waals surface area (Å²) in [7, 11) is 0. The second-order valence-electron chi connectivity index (χ2n) is 5.21. The van der Waals surface area contributed by atoms with Crippen LogP contribution in [0.3, 0.4) is 0 Å². The Labute approximate surface area is 137 Å². The van der Waals surface area contributed by atoms with Crippen LogP contribution in [0.2, 0.25) is 5.02 Å². The van der Waals surface area contributed by atoms with Crippen LogP contribution in [0.5, 0.6) is 0 Å². The van der Waals surface area contributed by atoms with Gasteiger partial charge in [0.15, 0.2) is 0 Å². The molecule has 1 nitrogen and oxygen atoms in total. The summed E-state index contributed by atoms with van der Waals surface area (Å²) < 4.78 is 0. The zero-order valence-electron chi connectivity index (χ0n) is 12.7. The predicted molar refractivity (Wildman–Crippen MR) is 94.2 cm³/mol. The van der Waals surface area contributed by atoms with Gasteiger partial charge in [-0.05, 0) is 43.1 Å². The Morgan fingerprint density at radius 1 is 1.14 bits per heavy atom. The Balaban J connectivity index is 1.93. The van der Waals surface area contributed by atoms with Gasteiger partial charge in [-0.15, -0.1) is 11.8 Å². The SMILES string of the molecule is CCCNCc1ccc(SCc2cccc(C)c2)cc1Cl. The Hall–Kier alpha value is -0.960. The minimum absolute atomic E-state index is 0.843. The van der Waals surface area contributed by atoms with E-state index < -0.39 is 0 Å². The third-order valence-corrected chi connectivity index (χ3v) is 4.67. The van der Waals surface area contributed by atoms with Crippen molar-refractivity contribution in [1.82, 2.24) is 5.32 Å². The van der Waals surface area contributed by atoms with E-state index in [-0.39, 0.29) is 0 Å². The van der Waals surface area contributed by atoms with E-state index in [1.165, 1.54) is 21.6 Å². The predicted octanol–water partition coefficient (Wildman–Crippen LogP) is 5.44. The summed E-state index contributed by atoms with van der Waals surface area (Å²) in [5.41, 5.74) is 3.83. The molecule has 0 aliphatic heterocycles. The molecule has 0 bridgehead atoms. The highest BCUT2D eigenvalue weighted by molar-refractivity contribution is 7.98. The van der Waals surface area contributed by atoms with Gasteiger partial charge in [0.1, 0.15) is 0 Å². The molecular weight excluding hydrogens is 298 g/mol. The molecule has 0 aliphatic carbocycles. The first kappa shape index (κ1) is 16.4. The van der Waals surface area contributed by atoms with Gasteiger partial charge in [-0.2, -0.15) is 0 Å². The zero-order chi connectivity index (χ0) is 15.1. The summed E-state index contributed by atoms with van der Waals surface area (Å²) in [4.78, 5) is 1.22. The second kappa shape index (κ2) is 8.47. The molecular formula is C18H22ClNS. The van der Waals surface area contributed by atoms with E-state index in [2.05, 4.69) is 61.6 Å². The van der Waals surface area contributed by atoms with Crippen molar-refractivity contribution in [3.05, 3.63) is 64.2 Å². The van der Waals surface area contributed by atoms with E-state index in [0.717, 1.165) is 30.3 Å². The maximum Gasteiger partial charge on any atom is 0.0462 e. The van der Waals surface area contributed by atoms with Gasteiger partial charge in [0.25, 0.3) is 0 Å². The molecule has 0 fully saturated rings. The minimum Gasteiger partial charge on any atom is -0.313 e. The van der Waals surface area contributed by atoms with Gasteiger partial charge in [-0.3, -0.25) is 0 Å². The molecule has 112 valence electrons. The lowest BCUT2D eigenvalue weighted by molar-refractivity contribution is 0.675. The van der Waals surface area contributed by atoms with Crippen molar-refractivity contribution < 1.29 is 0 Å². The van der Waals surface area contributed by atoms with Crippen LogP contribution in [0.15, 0.2) is 47.4 Å². The Kier molecular flexibility index (Phi) is 6.62. The van der Waals surface area contributed by atoms with E-state index in [1.54, 1.807) is 0 Å². The van der Waals surface area contributed by atoms with Crippen LogP contribution in [0, 0.1) is 6.92 Å². The molecule has 2 aromatic carbocycles. The Morgan fingerprint density at radius 2 is 2.00 bits per heavy atom. The van der Waals surface area contributed by atoms with Gasteiger partial charge in [-0.25, -0.2) is 0 Å². The molecule has 0 heterocycles. The molecule has 0 radical (unpaired) electrons. The van der Waals surface area contributed by atoms with Crippen LogP contribution in [0.25, 0.3) is 0 Å². The largest absolute Gasteiger partial charge is 0.313 e. The van der Waals surface area contributed by atoms with Crippen molar-refractivity contribution in [3.63, 3.8) is 0 Å². The minimum atomic E-state index is 0.843. The second-order valence-corrected chi connectivity index (χ2v) is 6.66. The third-order valence-electron chi connectivity index (χ3n) is 3.25. The number of nitrogens with one attached hydrogen (secondary N) is 1. The summed E-state index contributed by atoms with van der Waals surface area (Å²) in [5, 5.41) is 4.24. The fourth-order valence-corrected chi connectivity index (χ4v) is 3.32. The smallest absolute Gasteiger partial charge is 0.0462 e. The molecule has 2 aromatic rings. The zero-order valence-corrected chi connectivity index (χ0v) is 14.2. The highest BCUT2D eigenvalue weighted by Gasteiger charge is 2.03. The lowest BCUT2D eigenvalue weighted by atomic mass is 10.2. The summed E-state index contributed by atoms with van der Waals surface area (Å²) in [6.07, 6.45) is 1.14. The van der Waals surface area contributed by atoms with Crippen molar-refractivity contribution in [2.45, 2.75) is 37.5 Å². The van der Waals surface area contributed by atoms with E-state index in [4.69, 9.17) is 11.6 Å². The van der Waals surface area contributed by atoms with Gasteiger partial charge in [0, 0.05) is 22.2 Å². The average Bonchev–Trinajstić information content (AvgIpc) is 2.47. The highest BCUT2D eigenvalue weighted by Crippen LogP contribution is 2.27. The summed E-state index contributed by atoms with van der Waals surface area (Å²) in [5.74, 6) is 0.978. The maximum atomic E-state index is 6.36. The van der Waals surface area contributed by atoms with Crippen molar-refractivity contribution in [2.75, 3.05) is 6.54 Å². The molecule has 2 rings (SSSR count). The highest BCUT2D eigenvalue weighted by atomic mass is 35.5.